The number of guanidine groups is 1. The summed E-state index contributed by atoms with van der Waals surface area (Å²) in [6.45, 7) is 7.30. The van der Waals surface area contributed by atoms with E-state index in [-0.39, 0.29) is 12.1 Å². The highest BCUT2D eigenvalue weighted by atomic mass is 16.5. The van der Waals surface area contributed by atoms with Gasteiger partial charge in [-0.1, -0.05) is 6.08 Å². The Morgan fingerprint density at radius 3 is 2.86 bits per heavy atom. The van der Waals surface area contributed by atoms with E-state index < -0.39 is 5.91 Å². The van der Waals surface area contributed by atoms with Crippen LogP contribution in [0.2, 0.25) is 0 Å². The Hall–Kier alpha value is -3.23. The van der Waals surface area contributed by atoms with Gasteiger partial charge in [-0.2, -0.15) is 0 Å². The molecule has 6 N–H and O–H groups in total. The van der Waals surface area contributed by atoms with Gasteiger partial charge in [-0.15, -0.1) is 0 Å². The van der Waals surface area contributed by atoms with Gasteiger partial charge >= 0.3 is 0 Å². The predicted molar refractivity (Wildman–Crippen MR) is 115 cm³/mol. The molecule has 1 aliphatic heterocycles. The van der Waals surface area contributed by atoms with Crippen molar-refractivity contribution in [2.24, 2.45) is 16.5 Å². The van der Waals surface area contributed by atoms with Crippen LogP contribution in [-0.2, 0) is 0 Å². The van der Waals surface area contributed by atoms with Crippen molar-refractivity contribution in [1.82, 2.24) is 14.5 Å². The number of hydrogen-bond acceptors (Lipinski definition) is 5. The first-order valence-corrected chi connectivity index (χ1v) is 9.78. The second-order valence-corrected chi connectivity index (χ2v) is 7.41. The molecule has 29 heavy (non-hydrogen) atoms. The highest BCUT2D eigenvalue weighted by molar-refractivity contribution is 5.99. The van der Waals surface area contributed by atoms with Crippen LogP contribution in [0.1, 0.15) is 50.0 Å². The zero-order valence-corrected chi connectivity index (χ0v) is 17.1. The average Bonchev–Trinajstić information content (AvgIpc) is 3.01. The van der Waals surface area contributed by atoms with E-state index in [0.29, 0.717) is 35.3 Å². The molecule has 1 aromatic heterocycles. The number of aromatic nitrogens is 2. The Kier molecular flexibility index (Phi) is 5.95. The number of ether oxygens (including phenoxy) is 1. The molecule has 0 aliphatic carbocycles. The lowest BCUT2D eigenvalue weighted by molar-refractivity contribution is 0.0999. The van der Waals surface area contributed by atoms with Gasteiger partial charge in [0.25, 0.3) is 0 Å². The minimum atomic E-state index is -0.520. The Morgan fingerprint density at radius 1 is 1.45 bits per heavy atom. The maximum Gasteiger partial charge on any atom is 0.248 e. The minimum Gasteiger partial charge on any atom is -0.489 e. The highest BCUT2D eigenvalue weighted by Crippen LogP contribution is 2.37. The third-order valence-corrected chi connectivity index (χ3v) is 5.07. The maximum atomic E-state index is 11.5. The van der Waals surface area contributed by atoms with Gasteiger partial charge in [0.05, 0.1) is 11.6 Å². The summed E-state index contributed by atoms with van der Waals surface area (Å²) < 4.78 is 7.92. The van der Waals surface area contributed by atoms with E-state index in [1.54, 1.807) is 18.3 Å². The number of benzene rings is 1. The molecule has 0 saturated carbocycles. The molecule has 1 atom stereocenters. The van der Waals surface area contributed by atoms with Crippen molar-refractivity contribution in [3.8, 4) is 5.75 Å². The van der Waals surface area contributed by atoms with Gasteiger partial charge in [-0.05, 0) is 45.7 Å². The van der Waals surface area contributed by atoms with Crippen molar-refractivity contribution in [1.29, 1.82) is 0 Å². The number of nitrogen functional groups attached to an aromatic ring is 1. The van der Waals surface area contributed by atoms with Crippen molar-refractivity contribution >= 4 is 28.8 Å². The predicted octanol–water partition coefficient (Wildman–Crippen LogP) is 1.99. The van der Waals surface area contributed by atoms with Crippen molar-refractivity contribution in [3.63, 3.8) is 0 Å². The fourth-order valence-electron chi connectivity index (χ4n) is 3.67. The third-order valence-electron chi connectivity index (χ3n) is 5.07. The van der Waals surface area contributed by atoms with Crippen LogP contribution >= 0.6 is 0 Å². The molecule has 3 rings (SSSR count). The Balaban J connectivity index is 1.77. The molecule has 0 unspecified atom stereocenters. The van der Waals surface area contributed by atoms with Gasteiger partial charge < -0.3 is 31.4 Å². The Bertz CT molecular complexity index is 961. The summed E-state index contributed by atoms with van der Waals surface area (Å²) in [5.41, 5.74) is 19.5. The summed E-state index contributed by atoms with van der Waals surface area (Å²) in [5, 5.41) is 0. The molecule has 0 saturated heterocycles. The van der Waals surface area contributed by atoms with E-state index in [9.17, 15) is 4.79 Å². The van der Waals surface area contributed by atoms with Crippen LogP contribution in [0.15, 0.2) is 29.4 Å². The van der Waals surface area contributed by atoms with E-state index in [0.717, 1.165) is 24.9 Å². The van der Waals surface area contributed by atoms with Gasteiger partial charge in [-0.3, -0.25) is 4.79 Å². The molecule has 9 nitrogen and oxygen atoms in total. The number of nitrogens with zero attached hydrogens (tertiary/aromatic N) is 4. The first kappa shape index (κ1) is 20.5. The minimum absolute atomic E-state index is 0.0506. The van der Waals surface area contributed by atoms with Crippen molar-refractivity contribution < 1.29 is 9.53 Å². The normalized spacial score (nSPS) is 16.6. The summed E-state index contributed by atoms with van der Waals surface area (Å²) in [6, 6.07) is 3.59. The smallest absolute Gasteiger partial charge is 0.248 e. The number of carbonyl (C=O) groups is 1. The molecule has 156 valence electrons. The standard InChI is InChI=1S/C20H29N7O2/c1-4-7-24-19(22)26(12(2)3)8-5-6-14-11-29-16-10-13(18(21)28)9-15-17(16)27(14)20(23)25-15/h4,7,9-10,12,14H,5-6,8,11H2,1-3H3,(H2,21,28)(H2,22,24)(H2,23,25)/b7-4+/t14-/m0/s1. The lowest BCUT2D eigenvalue weighted by Crippen LogP contribution is -2.42. The van der Waals surface area contributed by atoms with Gasteiger partial charge in [0.15, 0.2) is 5.96 Å². The van der Waals surface area contributed by atoms with Gasteiger partial charge in [-0.25, -0.2) is 9.98 Å². The molecular formula is C20H29N7O2. The topological polar surface area (TPSA) is 138 Å². The first-order valence-electron chi connectivity index (χ1n) is 9.78. The summed E-state index contributed by atoms with van der Waals surface area (Å²) >= 11 is 0. The molecular weight excluding hydrogens is 370 g/mol. The molecule has 0 spiro atoms. The monoisotopic (exact) mass is 399 g/mol. The average molecular weight is 399 g/mol. The number of primary amides is 1. The highest BCUT2D eigenvalue weighted by Gasteiger charge is 2.27. The molecule has 1 aromatic carbocycles. The molecule has 0 radical (unpaired) electrons. The van der Waals surface area contributed by atoms with Crippen LogP contribution < -0.4 is 21.9 Å². The van der Waals surface area contributed by atoms with E-state index >= 15 is 0 Å². The number of imidazole rings is 1. The largest absolute Gasteiger partial charge is 0.489 e. The van der Waals surface area contributed by atoms with E-state index in [2.05, 4.69) is 28.7 Å². The molecule has 1 aliphatic rings. The Labute approximate surface area is 170 Å². The van der Waals surface area contributed by atoms with Crippen LogP contribution in [-0.4, -0.2) is 45.5 Å². The van der Waals surface area contributed by atoms with Crippen LogP contribution in [0.25, 0.3) is 11.0 Å². The fraction of sp³-hybridized carbons (Fsp3) is 0.450. The molecule has 1 amide bonds. The number of amides is 1. The zero-order valence-electron chi connectivity index (χ0n) is 17.1. The Morgan fingerprint density at radius 2 is 2.21 bits per heavy atom. The lowest BCUT2D eigenvalue weighted by atomic mass is 10.1. The van der Waals surface area contributed by atoms with E-state index in [4.69, 9.17) is 21.9 Å². The molecule has 2 aromatic rings. The lowest BCUT2D eigenvalue weighted by Gasteiger charge is -2.30. The zero-order chi connectivity index (χ0) is 21.1. The number of nitrogens with two attached hydrogens (primary N) is 3. The number of aliphatic imine (C=N–C) groups is 1. The SMILES string of the molecule is C/C=C/N=C(/N)N(CCC[C@H]1COc2cc(C(N)=O)cc3nc(N)n1c23)C(C)C. The van der Waals surface area contributed by atoms with Crippen LogP contribution in [0.3, 0.4) is 0 Å². The van der Waals surface area contributed by atoms with Crippen molar-refractivity contribution in [3.05, 3.63) is 30.0 Å². The fourth-order valence-corrected chi connectivity index (χ4v) is 3.67. The van der Waals surface area contributed by atoms with Crippen LogP contribution in [0.5, 0.6) is 5.75 Å². The molecule has 0 bridgehead atoms. The van der Waals surface area contributed by atoms with Crippen LogP contribution in [0, 0.1) is 0 Å². The summed E-state index contributed by atoms with van der Waals surface area (Å²) in [7, 11) is 0. The molecule has 2 heterocycles. The second kappa shape index (κ2) is 8.42. The van der Waals surface area contributed by atoms with Crippen molar-refractivity contribution in [2.45, 2.75) is 45.7 Å². The summed E-state index contributed by atoms with van der Waals surface area (Å²) in [6.07, 6.45) is 5.26. The van der Waals surface area contributed by atoms with Gasteiger partial charge in [0, 0.05) is 24.4 Å². The number of allylic oxidation sites excluding steroid dienone is 1. The van der Waals surface area contributed by atoms with Gasteiger partial charge in [0.2, 0.25) is 11.9 Å². The third kappa shape index (κ3) is 4.13. The molecule has 0 fully saturated rings. The molecule has 9 heteroatoms. The van der Waals surface area contributed by atoms with Gasteiger partial charge in [0.1, 0.15) is 17.9 Å². The number of hydrogen-bond donors (Lipinski definition) is 3. The summed E-state index contributed by atoms with van der Waals surface area (Å²) in [5.74, 6) is 0.981. The number of carbonyl (C=O) groups excluding carboxylic acids is 1. The second-order valence-electron chi connectivity index (χ2n) is 7.41. The first-order chi connectivity index (χ1) is 13.8. The summed E-state index contributed by atoms with van der Waals surface area (Å²) in [4.78, 5) is 22.3. The quantitative estimate of drug-likeness (QED) is 0.481. The maximum absolute atomic E-state index is 11.5. The van der Waals surface area contributed by atoms with Crippen molar-refractivity contribution in [2.75, 3.05) is 18.9 Å². The number of anilines is 1. The van der Waals surface area contributed by atoms with E-state index in [1.165, 1.54) is 0 Å². The van der Waals surface area contributed by atoms with Crippen LogP contribution in [0.4, 0.5) is 5.95 Å². The van der Waals surface area contributed by atoms with E-state index in [1.807, 2.05) is 17.6 Å². The number of rotatable bonds is 7.